The molecule has 0 radical (unpaired) electrons. The third-order valence-electron chi connectivity index (χ3n) is 4.72. The normalized spacial score (nSPS) is 20.7. The van der Waals surface area contributed by atoms with E-state index < -0.39 is 10.0 Å². The predicted molar refractivity (Wildman–Crippen MR) is 114 cm³/mol. The monoisotopic (exact) mass is 432 g/mol. The van der Waals surface area contributed by atoms with E-state index in [0.717, 1.165) is 0 Å². The lowest BCUT2D eigenvalue weighted by molar-refractivity contribution is -0.0440. The zero-order valence-electron chi connectivity index (χ0n) is 17.9. The van der Waals surface area contributed by atoms with Gasteiger partial charge in [-0.2, -0.15) is 4.31 Å². The van der Waals surface area contributed by atoms with Gasteiger partial charge in [0.1, 0.15) is 5.82 Å². The van der Waals surface area contributed by atoms with Gasteiger partial charge in [0.2, 0.25) is 10.0 Å². The van der Waals surface area contributed by atoms with Crippen LogP contribution in [0.4, 0.5) is 5.69 Å². The molecule has 0 aliphatic carbocycles. The Labute approximate surface area is 177 Å². The fraction of sp³-hybridized carbons (Fsp3) is 0.476. The Hall–Kier alpha value is -2.36. The zero-order valence-corrected chi connectivity index (χ0v) is 18.7. The molecule has 1 fully saturated rings. The highest BCUT2D eigenvalue weighted by Gasteiger charge is 2.32. The summed E-state index contributed by atoms with van der Waals surface area (Å²) in [5.41, 5.74) is 0.637. The topological polar surface area (TPSA) is 101 Å². The highest BCUT2D eigenvalue weighted by molar-refractivity contribution is 7.89. The Kier molecular flexibility index (Phi) is 6.26. The molecular weight excluding hydrogens is 404 g/mol. The molecule has 30 heavy (non-hydrogen) atoms. The first kappa shape index (κ1) is 22.3. The first-order valence-electron chi connectivity index (χ1n) is 9.86. The minimum Gasteiger partial charge on any atom is -0.373 e. The molecule has 1 aromatic heterocycles. The van der Waals surface area contributed by atoms with E-state index in [9.17, 15) is 13.2 Å². The van der Waals surface area contributed by atoms with Gasteiger partial charge >= 0.3 is 0 Å². The van der Waals surface area contributed by atoms with Gasteiger partial charge in [-0.15, -0.1) is 0 Å². The standard InChI is InChI=1S/C21H28N4O4S/c1-14-12-25(13-15(2)29-14)30(27,28)18-8-6-16(7-9-18)19(26)24-17-10-22-20(23-11-17)21(3,4)5/h6-11,14-15H,12-13H2,1-5H3,(H,24,26). The minimum atomic E-state index is -3.65. The van der Waals surface area contributed by atoms with Crippen LogP contribution in [0, 0.1) is 0 Å². The second kappa shape index (κ2) is 8.41. The lowest BCUT2D eigenvalue weighted by Crippen LogP contribution is -2.48. The van der Waals surface area contributed by atoms with Crippen molar-refractivity contribution in [2.24, 2.45) is 0 Å². The number of carbonyl (C=O) groups is 1. The van der Waals surface area contributed by atoms with Crippen molar-refractivity contribution in [1.29, 1.82) is 0 Å². The fourth-order valence-corrected chi connectivity index (χ4v) is 4.83. The van der Waals surface area contributed by atoms with Gasteiger partial charge in [0.25, 0.3) is 5.91 Å². The second-order valence-corrected chi connectivity index (χ2v) is 10.5. The average Bonchev–Trinajstić information content (AvgIpc) is 2.67. The molecule has 1 N–H and O–H groups in total. The van der Waals surface area contributed by atoms with Gasteiger partial charge in [-0.25, -0.2) is 18.4 Å². The molecule has 0 bridgehead atoms. The number of aromatic nitrogens is 2. The molecule has 1 saturated heterocycles. The maximum Gasteiger partial charge on any atom is 0.255 e. The SMILES string of the molecule is CC1CN(S(=O)(=O)c2ccc(C(=O)Nc3cnc(C(C)(C)C)nc3)cc2)CC(C)O1. The smallest absolute Gasteiger partial charge is 0.255 e. The molecule has 9 heteroatoms. The summed E-state index contributed by atoms with van der Waals surface area (Å²) in [5, 5.41) is 2.73. The molecule has 162 valence electrons. The number of morpholine rings is 1. The van der Waals surface area contributed by atoms with E-state index in [1.165, 1.54) is 28.6 Å². The Balaban J connectivity index is 1.71. The van der Waals surface area contributed by atoms with Crippen LogP contribution in [-0.2, 0) is 20.2 Å². The molecule has 2 atom stereocenters. The number of hydrogen-bond donors (Lipinski definition) is 1. The van der Waals surface area contributed by atoms with Crippen molar-refractivity contribution in [2.75, 3.05) is 18.4 Å². The van der Waals surface area contributed by atoms with Crippen LogP contribution in [0.3, 0.4) is 0 Å². The van der Waals surface area contributed by atoms with Crippen LogP contribution in [0.5, 0.6) is 0 Å². The maximum atomic E-state index is 12.9. The van der Waals surface area contributed by atoms with E-state index in [2.05, 4.69) is 15.3 Å². The molecule has 3 rings (SSSR count). The number of sulfonamides is 1. The average molecular weight is 433 g/mol. The first-order valence-corrected chi connectivity index (χ1v) is 11.3. The van der Waals surface area contributed by atoms with Crippen molar-refractivity contribution in [3.05, 3.63) is 48.0 Å². The van der Waals surface area contributed by atoms with Crippen LogP contribution in [0.15, 0.2) is 41.6 Å². The summed E-state index contributed by atoms with van der Waals surface area (Å²) in [6, 6.07) is 5.91. The summed E-state index contributed by atoms with van der Waals surface area (Å²) in [7, 11) is -3.65. The molecule has 1 aliphatic rings. The van der Waals surface area contributed by atoms with Crippen molar-refractivity contribution in [3.8, 4) is 0 Å². The molecule has 1 aromatic carbocycles. The van der Waals surface area contributed by atoms with Crippen molar-refractivity contribution in [3.63, 3.8) is 0 Å². The number of amides is 1. The van der Waals surface area contributed by atoms with E-state index in [1.54, 1.807) is 12.4 Å². The second-order valence-electron chi connectivity index (χ2n) is 8.60. The Morgan fingerprint density at radius 3 is 2.10 bits per heavy atom. The van der Waals surface area contributed by atoms with Gasteiger partial charge in [0, 0.05) is 24.1 Å². The van der Waals surface area contributed by atoms with Crippen LogP contribution in [0.1, 0.15) is 50.8 Å². The van der Waals surface area contributed by atoms with Crippen molar-refractivity contribution >= 4 is 21.6 Å². The maximum absolute atomic E-state index is 12.9. The summed E-state index contributed by atoms with van der Waals surface area (Å²) in [6.07, 6.45) is 2.79. The Morgan fingerprint density at radius 2 is 1.60 bits per heavy atom. The lowest BCUT2D eigenvalue weighted by atomic mass is 9.96. The Bertz CT molecular complexity index is 989. The molecule has 2 heterocycles. The number of anilines is 1. The zero-order chi connectivity index (χ0) is 22.1. The van der Waals surface area contributed by atoms with Gasteiger partial charge < -0.3 is 10.1 Å². The van der Waals surface area contributed by atoms with Crippen LogP contribution in [-0.4, -0.2) is 53.9 Å². The predicted octanol–water partition coefficient (Wildman–Crippen LogP) is 2.82. The molecule has 0 spiro atoms. The van der Waals surface area contributed by atoms with Gasteiger partial charge in [-0.05, 0) is 38.1 Å². The number of nitrogens with one attached hydrogen (secondary N) is 1. The summed E-state index contributed by atoms with van der Waals surface area (Å²) in [4.78, 5) is 21.2. The van der Waals surface area contributed by atoms with Gasteiger partial charge in [-0.1, -0.05) is 20.8 Å². The highest BCUT2D eigenvalue weighted by atomic mass is 32.2. The van der Waals surface area contributed by atoms with Gasteiger partial charge in [0.05, 0.1) is 35.2 Å². The highest BCUT2D eigenvalue weighted by Crippen LogP contribution is 2.22. The van der Waals surface area contributed by atoms with E-state index in [1.807, 2.05) is 34.6 Å². The number of benzene rings is 1. The lowest BCUT2D eigenvalue weighted by Gasteiger charge is -2.34. The van der Waals surface area contributed by atoms with Crippen LogP contribution >= 0.6 is 0 Å². The molecule has 8 nitrogen and oxygen atoms in total. The van der Waals surface area contributed by atoms with E-state index in [-0.39, 0.29) is 28.4 Å². The number of ether oxygens (including phenoxy) is 1. The van der Waals surface area contributed by atoms with Crippen LogP contribution in [0.2, 0.25) is 0 Å². The van der Waals surface area contributed by atoms with Gasteiger partial charge in [-0.3, -0.25) is 4.79 Å². The van der Waals surface area contributed by atoms with Crippen molar-refractivity contribution in [2.45, 2.75) is 57.1 Å². The quantitative estimate of drug-likeness (QED) is 0.797. The molecular formula is C21H28N4O4S. The number of rotatable bonds is 4. The van der Waals surface area contributed by atoms with Crippen LogP contribution in [0.25, 0.3) is 0 Å². The first-order chi connectivity index (χ1) is 14.0. The summed E-state index contributed by atoms with van der Waals surface area (Å²) < 4.78 is 32.9. The molecule has 1 aliphatic heterocycles. The molecule has 1 amide bonds. The summed E-state index contributed by atoms with van der Waals surface area (Å²) in [5.74, 6) is 0.321. The third-order valence-corrected chi connectivity index (χ3v) is 6.57. The molecule has 2 unspecified atom stereocenters. The molecule has 0 saturated carbocycles. The fourth-order valence-electron chi connectivity index (χ4n) is 3.24. The summed E-state index contributed by atoms with van der Waals surface area (Å²) in [6.45, 7) is 10.3. The minimum absolute atomic E-state index is 0.151. The van der Waals surface area contributed by atoms with Gasteiger partial charge in [0.15, 0.2) is 0 Å². The van der Waals surface area contributed by atoms with E-state index >= 15 is 0 Å². The number of carbonyl (C=O) groups excluding carboxylic acids is 1. The van der Waals surface area contributed by atoms with E-state index in [0.29, 0.717) is 30.2 Å². The van der Waals surface area contributed by atoms with Crippen LogP contribution < -0.4 is 5.32 Å². The van der Waals surface area contributed by atoms with Crippen molar-refractivity contribution < 1.29 is 17.9 Å². The number of hydrogen-bond acceptors (Lipinski definition) is 6. The third kappa shape index (κ3) is 5.03. The number of nitrogens with zero attached hydrogens (tertiary/aromatic N) is 3. The van der Waals surface area contributed by atoms with E-state index in [4.69, 9.17) is 4.74 Å². The molecule has 2 aromatic rings. The largest absolute Gasteiger partial charge is 0.373 e. The Morgan fingerprint density at radius 1 is 1.07 bits per heavy atom. The summed E-state index contributed by atoms with van der Waals surface area (Å²) >= 11 is 0. The van der Waals surface area contributed by atoms with Crippen molar-refractivity contribution in [1.82, 2.24) is 14.3 Å².